The molecule has 1 unspecified atom stereocenters. The van der Waals surface area contributed by atoms with Crippen LogP contribution in [0.3, 0.4) is 0 Å². The van der Waals surface area contributed by atoms with Crippen molar-refractivity contribution in [3.63, 3.8) is 0 Å². The third kappa shape index (κ3) is 6.65. The Kier molecular flexibility index (Phi) is 9.50. The van der Waals surface area contributed by atoms with E-state index in [1.165, 1.54) is 17.0 Å². The zero-order chi connectivity index (χ0) is 26.1. The fourth-order valence-electron chi connectivity index (χ4n) is 3.65. The summed E-state index contributed by atoms with van der Waals surface area (Å²) in [5, 5.41) is 3.01. The van der Waals surface area contributed by atoms with Crippen molar-refractivity contribution in [3.8, 4) is 0 Å². The molecule has 0 aromatic heterocycles. The van der Waals surface area contributed by atoms with E-state index in [9.17, 15) is 18.0 Å². The van der Waals surface area contributed by atoms with E-state index in [1.807, 2.05) is 37.3 Å². The van der Waals surface area contributed by atoms with Crippen LogP contribution < -0.4 is 9.62 Å². The van der Waals surface area contributed by atoms with E-state index in [0.29, 0.717) is 6.54 Å². The lowest BCUT2D eigenvalue weighted by Crippen LogP contribution is -2.51. The van der Waals surface area contributed by atoms with Crippen molar-refractivity contribution in [2.75, 3.05) is 17.4 Å². The Hall–Kier alpha value is -3.36. The fourth-order valence-corrected chi connectivity index (χ4v) is 5.39. The molecule has 0 saturated heterocycles. The van der Waals surface area contributed by atoms with Gasteiger partial charge in [-0.3, -0.25) is 13.9 Å². The highest BCUT2D eigenvalue weighted by molar-refractivity contribution is 7.92. The Balaban J connectivity index is 2.00. The minimum absolute atomic E-state index is 0.0288. The minimum atomic E-state index is -4.14. The molecule has 0 radical (unpaired) electrons. The van der Waals surface area contributed by atoms with Crippen LogP contribution in [-0.2, 0) is 26.2 Å². The van der Waals surface area contributed by atoms with Crippen LogP contribution in [0.2, 0.25) is 5.02 Å². The van der Waals surface area contributed by atoms with Gasteiger partial charge in [-0.05, 0) is 43.2 Å². The molecule has 9 heteroatoms. The number of halogens is 1. The molecule has 0 aliphatic heterocycles. The lowest BCUT2D eigenvalue weighted by molar-refractivity contribution is -0.139. The molecule has 0 spiro atoms. The van der Waals surface area contributed by atoms with Gasteiger partial charge >= 0.3 is 0 Å². The number of sulfonamides is 1. The summed E-state index contributed by atoms with van der Waals surface area (Å²) in [6.07, 6.45) is 0.751. The Bertz CT molecular complexity index is 1270. The number of nitrogens with zero attached hydrogens (tertiary/aromatic N) is 2. The van der Waals surface area contributed by atoms with Gasteiger partial charge in [-0.15, -0.1) is 0 Å². The first kappa shape index (κ1) is 27.2. The summed E-state index contributed by atoms with van der Waals surface area (Å²) in [7, 11) is -4.14. The van der Waals surface area contributed by atoms with Crippen LogP contribution in [0, 0.1) is 0 Å². The predicted octanol–water partition coefficient (Wildman–Crippen LogP) is 4.48. The van der Waals surface area contributed by atoms with Crippen LogP contribution in [-0.4, -0.2) is 44.3 Å². The van der Waals surface area contributed by atoms with Gasteiger partial charge in [0.1, 0.15) is 12.6 Å². The quantitative estimate of drug-likeness (QED) is 0.398. The molecule has 0 aliphatic rings. The van der Waals surface area contributed by atoms with Crippen LogP contribution in [0.5, 0.6) is 0 Å². The first-order valence-electron chi connectivity index (χ1n) is 11.7. The Morgan fingerprint density at radius 3 is 2.11 bits per heavy atom. The maximum atomic E-state index is 13.7. The van der Waals surface area contributed by atoms with Gasteiger partial charge in [-0.2, -0.15) is 0 Å². The average molecular weight is 528 g/mol. The van der Waals surface area contributed by atoms with Gasteiger partial charge in [-0.25, -0.2) is 8.42 Å². The monoisotopic (exact) mass is 527 g/mol. The van der Waals surface area contributed by atoms with E-state index in [2.05, 4.69) is 5.32 Å². The maximum Gasteiger partial charge on any atom is 0.264 e. The third-order valence-corrected chi connectivity index (χ3v) is 7.74. The van der Waals surface area contributed by atoms with Crippen molar-refractivity contribution in [3.05, 3.63) is 95.5 Å². The van der Waals surface area contributed by atoms with Gasteiger partial charge in [0.05, 0.1) is 15.6 Å². The van der Waals surface area contributed by atoms with Gasteiger partial charge in [0.25, 0.3) is 10.0 Å². The minimum Gasteiger partial charge on any atom is -0.354 e. The van der Waals surface area contributed by atoms with Crippen molar-refractivity contribution < 1.29 is 18.0 Å². The molecule has 1 atom stereocenters. The zero-order valence-electron chi connectivity index (χ0n) is 20.3. The summed E-state index contributed by atoms with van der Waals surface area (Å²) < 4.78 is 28.3. The molecule has 0 saturated carbocycles. The summed E-state index contributed by atoms with van der Waals surface area (Å²) >= 11 is 6.38. The van der Waals surface area contributed by atoms with Crippen LogP contribution in [0.15, 0.2) is 89.8 Å². The molecular weight excluding hydrogens is 498 g/mol. The molecular formula is C27H30ClN3O4S. The smallest absolute Gasteiger partial charge is 0.264 e. The highest BCUT2D eigenvalue weighted by Gasteiger charge is 2.33. The lowest BCUT2D eigenvalue weighted by atomic mass is 10.1. The van der Waals surface area contributed by atoms with E-state index in [1.54, 1.807) is 49.4 Å². The standard InChI is InChI=1S/C27H30ClN3O4S/c1-3-18-29-27(33)21(2)30(19-22-12-6-4-7-13-22)26(32)20-31(25-17-11-10-16-24(25)28)36(34,35)23-14-8-5-9-15-23/h4-17,21H,3,18-20H2,1-2H3,(H,29,33). The zero-order valence-corrected chi connectivity index (χ0v) is 21.9. The molecule has 0 fully saturated rings. The number of hydrogen-bond acceptors (Lipinski definition) is 4. The summed E-state index contributed by atoms with van der Waals surface area (Å²) in [4.78, 5) is 28.0. The molecule has 3 aromatic carbocycles. The van der Waals surface area contributed by atoms with E-state index in [0.717, 1.165) is 16.3 Å². The van der Waals surface area contributed by atoms with Crippen LogP contribution in [0.25, 0.3) is 0 Å². The SMILES string of the molecule is CCCNC(=O)C(C)N(Cc1ccccc1)C(=O)CN(c1ccccc1Cl)S(=O)(=O)c1ccccc1. The summed E-state index contributed by atoms with van der Waals surface area (Å²) in [5.74, 6) is -0.839. The van der Waals surface area contributed by atoms with Gasteiger partial charge < -0.3 is 10.2 Å². The number of amides is 2. The lowest BCUT2D eigenvalue weighted by Gasteiger charge is -2.32. The second-order valence-corrected chi connectivity index (χ2v) is 10.5. The van der Waals surface area contributed by atoms with E-state index < -0.39 is 28.5 Å². The van der Waals surface area contributed by atoms with Crippen LogP contribution in [0.4, 0.5) is 5.69 Å². The second-order valence-electron chi connectivity index (χ2n) is 8.25. The second kappa shape index (κ2) is 12.6. The van der Waals surface area contributed by atoms with Crippen molar-refractivity contribution in [1.82, 2.24) is 10.2 Å². The topological polar surface area (TPSA) is 86.8 Å². The number of para-hydroxylation sites is 1. The van der Waals surface area contributed by atoms with Gasteiger partial charge in [0.2, 0.25) is 11.8 Å². The van der Waals surface area contributed by atoms with E-state index >= 15 is 0 Å². The molecule has 36 heavy (non-hydrogen) atoms. The van der Waals surface area contributed by atoms with Crippen LogP contribution in [0.1, 0.15) is 25.8 Å². The van der Waals surface area contributed by atoms with E-state index in [-0.39, 0.29) is 28.1 Å². The predicted molar refractivity (Wildman–Crippen MR) is 142 cm³/mol. The summed E-state index contributed by atoms with van der Waals surface area (Å²) in [6, 6.07) is 22.7. The number of nitrogens with one attached hydrogen (secondary N) is 1. The first-order chi connectivity index (χ1) is 17.3. The molecule has 0 bridgehead atoms. The summed E-state index contributed by atoms with van der Waals surface area (Å²) in [6.45, 7) is 3.66. The number of rotatable bonds is 11. The van der Waals surface area contributed by atoms with Crippen LogP contribution >= 0.6 is 11.6 Å². The molecule has 0 aliphatic carbocycles. The number of hydrogen-bond donors (Lipinski definition) is 1. The van der Waals surface area contributed by atoms with Crippen molar-refractivity contribution in [1.29, 1.82) is 0 Å². The molecule has 3 rings (SSSR count). The summed E-state index contributed by atoms with van der Waals surface area (Å²) in [5.41, 5.74) is 0.996. The molecule has 0 heterocycles. The Morgan fingerprint density at radius 1 is 0.917 bits per heavy atom. The third-order valence-electron chi connectivity index (χ3n) is 5.64. The Morgan fingerprint density at radius 2 is 1.50 bits per heavy atom. The molecule has 7 nitrogen and oxygen atoms in total. The normalized spacial score (nSPS) is 12.0. The van der Waals surface area contributed by atoms with Gasteiger partial charge in [0, 0.05) is 13.1 Å². The largest absolute Gasteiger partial charge is 0.354 e. The number of carbonyl (C=O) groups is 2. The highest BCUT2D eigenvalue weighted by Crippen LogP contribution is 2.30. The molecule has 1 N–H and O–H groups in total. The Labute approximate surface area is 217 Å². The highest BCUT2D eigenvalue weighted by atomic mass is 35.5. The first-order valence-corrected chi connectivity index (χ1v) is 13.5. The molecule has 2 amide bonds. The van der Waals surface area contributed by atoms with Crippen molar-refractivity contribution in [2.24, 2.45) is 0 Å². The maximum absolute atomic E-state index is 13.7. The van der Waals surface area contributed by atoms with Crippen molar-refractivity contribution >= 4 is 39.1 Å². The number of anilines is 1. The van der Waals surface area contributed by atoms with E-state index in [4.69, 9.17) is 11.6 Å². The fraction of sp³-hybridized carbons (Fsp3) is 0.259. The van der Waals surface area contributed by atoms with Crippen molar-refractivity contribution in [2.45, 2.75) is 37.8 Å². The molecule has 190 valence electrons. The number of carbonyl (C=O) groups excluding carboxylic acids is 2. The van der Waals surface area contributed by atoms with Gasteiger partial charge in [-0.1, -0.05) is 79.2 Å². The molecule has 3 aromatic rings. The number of benzene rings is 3. The van der Waals surface area contributed by atoms with Gasteiger partial charge in [0.15, 0.2) is 0 Å². The average Bonchev–Trinajstić information content (AvgIpc) is 2.90.